The second-order valence-electron chi connectivity index (χ2n) is 6.11. The molecule has 1 aromatic carbocycles. The number of aromatic nitrogens is 2. The Balaban J connectivity index is 1.65. The van der Waals surface area contributed by atoms with Crippen LogP contribution in [0.5, 0.6) is 0 Å². The van der Waals surface area contributed by atoms with Gasteiger partial charge in [-0.25, -0.2) is 4.39 Å². The van der Waals surface area contributed by atoms with Crippen LogP contribution >= 0.6 is 0 Å². The van der Waals surface area contributed by atoms with E-state index in [-0.39, 0.29) is 5.82 Å². The average molecular weight is 287 g/mol. The molecule has 0 bridgehead atoms. The van der Waals surface area contributed by atoms with E-state index in [1.165, 1.54) is 24.5 Å². The van der Waals surface area contributed by atoms with Crippen LogP contribution in [0.4, 0.5) is 4.39 Å². The quantitative estimate of drug-likeness (QED) is 0.848. The molecule has 1 heterocycles. The lowest BCUT2D eigenvalue weighted by Crippen LogP contribution is -2.27. The van der Waals surface area contributed by atoms with Crippen LogP contribution in [0.3, 0.4) is 0 Å². The fraction of sp³-hybridized carbons (Fsp3) is 0.471. The molecule has 1 fully saturated rings. The molecule has 1 N–H and O–H groups in total. The molecule has 2 aromatic rings. The van der Waals surface area contributed by atoms with Gasteiger partial charge in [0.2, 0.25) is 0 Å². The number of aryl methyl sites for hydroxylation is 1. The van der Waals surface area contributed by atoms with Crippen molar-refractivity contribution in [3.05, 3.63) is 53.6 Å². The lowest BCUT2D eigenvalue weighted by atomic mass is 9.93. The molecule has 0 spiro atoms. The minimum absolute atomic E-state index is 0.150. The van der Waals surface area contributed by atoms with E-state index < -0.39 is 0 Å². The van der Waals surface area contributed by atoms with Crippen LogP contribution in [0, 0.1) is 11.7 Å². The highest BCUT2D eigenvalue weighted by molar-refractivity contribution is 5.18. The lowest BCUT2D eigenvalue weighted by molar-refractivity contribution is 0.467. The van der Waals surface area contributed by atoms with Crippen LogP contribution in [-0.2, 0) is 19.9 Å². The number of hydrogen-bond acceptors (Lipinski definition) is 2. The zero-order valence-corrected chi connectivity index (χ0v) is 12.4. The fourth-order valence-electron chi connectivity index (χ4n) is 2.75. The molecule has 3 rings (SSSR count). The van der Waals surface area contributed by atoms with Gasteiger partial charge in [0.25, 0.3) is 0 Å². The van der Waals surface area contributed by atoms with E-state index in [9.17, 15) is 4.39 Å². The predicted molar refractivity (Wildman–Crippen MR) is 81.5 cm³/mol. The first-order valence-electron chi connectivity index (χ1n) is 7.64. The van der Waals surface area contributed by atoms with Crippen LogP contribution in [0.25, 0.3) is 0 Å². The van der Waals surface area contributed by atoms with E-state index >= 15 is 0 Å². The molecular weight excluding hydrogens is 265 g/mol. The first-order chi connectivity index (χ1) is 10.2. The summed E-state index contributed by atoms with van der Waals surface area (Å²) in [4.78, 5) is 0. The van der Waals surface area contributed by atoms with Crippen molar-refractivity contribution >= 4 is 0 Å². The summed E-state index contributed by atoms with van der Waals surface area (Å²) in [6.07, 6.45) is 8.45. The summed E-state index contributed by atoms with van der Waals surface area (Å²) in [7, 11) is 1.94. The number of nitrogens with zero attached hydrogens (tertiary/aromatic N) is 2. The van der Waals surface area contributed by atoms with Crippen molar-refractivity contribution in [2.45, 2.75) is 31.7 Å². The molecule has 0 aliphatic heterocycles. The molecule has 3 nitrogen and oxygen atoms in total. The molecule has 21 heavy (non-hydrogen) atoms. The monoisotopic (exact) mass is 287 g/mol. The van der Waals surface area contributed by atoms with Gasteiger partial charge < -0.3 is 5.32 Å². The number of halogens is 1. The van der Waals surface area contributed by atoms with Gasteiger partial charge >= 0.3 is 0 Å². The van der Waals surface area contributed by atoms with Gasteiger partial charge in [0, 0.05) is 19.3 Å². The van der Waals surface area contributed by atoms with Gasteiger partial charge in [-0.2, -0.15) is 5.10 Å². The largest absolute Gasteiger partial charge is 0.314 e. The number of nitrogens with one attached hydrogen (secondary N) is 1. The summed E-state index contributed by atoms with van der Waals surface area (Å²) in [5, 5.41) is 7.83. The van der Waals surface area contributed by atoms with E-state index in [1.54, 1.807) is 12.1 Å². The van der Waals surface area contributed by atoms with Crippen molar-refractivity contribution in [3.63, 3.8) is 0 Å². The third-order valence-electron chi connectivity index (χ3n) is 3.97. The minimum Gasteiger partial charge on any atom is -0.314 e. The van der Waals surface area contributed by atoms with Crippen LogP contribution in [0.1, 0.15) is 24.0 Å². The highest BCUT2D eigenvalue weighted by Gasteiger charge is 2.22. The Hall–Kier alpha value is -1.68. The van der Waals surface area contributed by atoms with Crippen molar-refractivity contribution in [1.82, 2.24) is 15.1 Å². The van der Waals surface area contributed by atoms with Gasteiger partial charge in [-0.3, -0.25) is 4.68 Å². The summed E-state index contributed by atoms with van der Waals surface area (Å²) in [5.41, 5.74) is 2.32. The smallest absolute Gasteiger partial charge is 0.123 e. The molecule has 1 unspecified atom stereocenters. The third-order valence-corrected chi connectivity index (χ3v) is 3.97. The van der Waals surface area contributed by atoms with E-state index in [0.717, 1.165) is 24.9 Å². The first kappa shape index (κ1) is 14.3. The van der Waals surface area contributed by atoms with Crippen LogP contribution < -0.4 is 5.32 Å². The van der Waals surface area contributed by atoms with Gasteiger partial charge in [0.1, 0.15) is 5.82 Å². The van der Waals surface area contributed by atoms with Crippen LogP contribution in [0.15, 0.2) is 36.7 Å². The Morgan fingerprint density at radius 1 is 1.33 bits per heavy atom. The van der Waals surface area contributed by atoms with Crippen molar-refractivity contribution < 1.29 is 4.39 Å². The van der Waals surface area contributed by atoms with Gasteiger partial charge in [0.05, 0.1) is 6.20 Å². The maximum Gasteiger partial charge on any atom is 0.123 e. The highest BCUT2D eigenvalue weighted by atomic mass is 19.1. The predicted octanol–water partition coefficient (Wildman–Crippen LogP) is 2.71. The molecule has 1 aromatic heterocycles. The standard InChI is InChI=1S/C17H22FN3/c1-21-12-15(11-20-21)8-14(10-19-17-5-6-17)7-13-3-2-4-16(18)9-13/h2-4,9,11-12,14,17,19H,5-8,10H2,1H3. The van der Waals surface area contributed by atoms with E-state index in [0.29, 0.717) is 12.0 Å². The van der Waals surface area contributed by atoms with Crippen LogP contribution in [-0.4, -0.2) is 22.4 Å². The Kier molecular flexibility index (Phi) is 4.34. The lowest BCUT2D eigenvalue weighted by Gasteiger charge is -2.17. The molecule has 0 radical (unpaired) electrons. The zero-order valence-electron chi connectivity index (χ0n) is 12.4. The number of benzene rings is 1. The zero-order chi connectivity index (χ0) is 14.7. The van der Waals surface area contributed by atoms with E-state index in [1.807, 2.05) is 24.0 Å². The second-order valence-corrected chi connectivity index (χ2v) is 6.11. The van der Waals surface area contributed by atoms with Crippen molar-refractivity contribution in [2.24, 2.45) is 13.0 Å². The molecule has 1 aliphatic carbocycles. The number of hydrogen-bond donors (Lipinski definition) is 1. The number of rotatable bonds is 7. The Morgan fingerprint density at radius 2 is 2.14 bits per heavy atom. The maximum atomic E-state index is 13.3. The molecule has 112 valence electrons. The topological polar surface area (TPSA) is 29.9 Å². The molecule has 1 aliphatic rings. The van der Waals surface area contributed by atoms with Gasteiger partial charge in [-0.05, 0) is 61.4 Å². The second kappa shape index (κ2) is 6.39. The SMILES string of the molecule is Cn1cc(CC(CNC2CC2)Cc2cccc(F)c2)cn1. The first-order valence-corrected chi connectivity index (χ1v) is 7.64. The third kappa shape index (κ3) is 4.39. The molecule has 1 atom stereocenters. The Labute approximate surface area is 125 Å². The molecule has 0 saturated heterocycles. The van der Waals surface area contributed by atoms with Crippen molar-refractivity contribution in [1.29, 1.82) is 0 Å². The highest BCUT2D eigenvalue weighted by Crippen LogP contribution is 2.21. The van der Waals surface area contributed by atoms with E-state index in [2.05, 4.69) is 16.6 Å². The van der Waals surface area contributed by atoms with E-state index in [4.69, 9.17) is 0 Å². The maximum absolute atomic E-state index is 13.3. The Morgan fingerprint density at radius 3 is 2.81 bits per heavy atom. The normalized spacial score (nSPS) is 16.1. The average Bonchev–Trinajstić information content (AvgIpc) is 3.19. The Bertz CT molecular complexity index is 589. The molecule has 1 saturated carbocycles. The van der Waals surface area contributed by atoms with Gasteiger partial charge in [-0.15, -0.1) is 0 Å². The van der Waals surface area contributed by atoms with Crippen LogP contribution in [0.2, 0.25) is 0 Å². The van der Waals surface area contributed by atoms with Gasteiger partial charge in [-0.1, -0.05) is 12.1 Å². The summed E-state index contributed by atoms with van der Waals surface area (Å²) in [6, 6.07) is 7.65. The minimum atomic E-state index is -0.150. The van der Waals surface area contributed by atoms with Gasteiger partial charge in [0.15, 0.2) is 0 Å². The molecule has 4 heteroatoms. The summed E-state index contributed by atoms with van der Waals surface area (Å²) in [6.45, 7) is 0.982. The summed E-state index contributed by atoms with van der Waals surface area (Å²) < 4.78 is 15.2. The fourth-order valence-corrected chi connectivity index (χ4v) is 2.75. The van der Waals surface area contributed by atoms with Crippen molar-refractivity contribution in [3.8, 4) is 0 Å². The summed E-state index contributed by atoms with van der Waals surface area (Å²) >= 11 is 0. The summed E-state index contributed by atoms with van der Waals surface area (Å²) in [5.74, 6) is 0.319. The van der Waals surface area contributed by atoms with Crippen molar-refractivity contribution in [2.75, 3.05) is 6.54 Å². The molecular formula is C17H22FN3. The molecule has 0 amide bonds.